The van der Waals surface area contributed by atoms with Crippen molar-refractivity contribution >= 4 is 17.7 Å². The minimum absolute atomic E-state index is 0.0444. The first-order valence-electron chi connectivity index (χ1n) is 9.43. The zero-order valence-corrected chi connectivity index (χ0v) is 15.5. The standard InChI is InChI=1S/C19H25FN4O3/c1-13(25)24-10-3-9-23(19(27)16-7-6-14(20)12-22-16)11-8-21-18(26)15-4-2-5-17(15)24/h6-7,12,15,17H,2-5,8-11H2,1H3,(H,21,26). The Hall–Kier alpha value is -2.51. The van der Waals surface area contributed by atoms with Gasteiger partial charge in [0.2, 0.25) is 11.8 Å². The quantitative estimate of drug-likeness (QED) is 0.798. The monoisotopic (exact) mass is 376 g/mol. The number of hydrogen-bond donors (Lipinski definition) is 1. The highest BCUT2D eigenvalue weighted by Crippen LogP contribution is 2.30. The van der Waals surface area contributed by atoms with Crippen LogP contribution in [0, 0.1) is 11.7 Å². The number of halogens is 1. The Kier molecular flexibility index (Phi) is 6.03. The minimum atomic E-state index is -0.500. The molecule has 2 unspecified atom stereocenters. The highest BCUT2D eigenvalue weighted by Gasteiger charge is 2.38. The van der Waals surface area contributed by atoms with Crippen molar-refractivity contribution in [3.05, 3.63) is 29.8 Å². The van der Waals surface area contributed by atoms with E-state index in [2.05, 4.69) is 10.3 Å². The lowest BCUT2D eigenvalue weighted by molar-refractivity contribution is -0.134. The van der Waals surface area contributed by atoms with E-state index in [1.807, 2.05) is 0 Å². The summed E-state index contributed by atoms with van der Waals surface area (Å²) in [6.45, 7) is 3.16. The summed E-state index contributed by atoms with van der Waals surface area (Å²) in [6.07, 6.45) is 4.18. The van der Waals surface area contributed by atoms with Gasteiger partial charge in [-0.05, 0) is 31.4 Å². The fourth-order valence-corrected chi connectivity index (χ4v) is 4.03. The second-order valence-corrected chi connectivity index (χ2v) is 7.12. The van der Waals surface area contributed by atoms with Gasteiger partial charge < -0.3 is 15.1 Å². The molecule has 2 heterocycles. The molecule has 1 saturated carbocycles. The average Bonchev–Trinajstić information content (AvgIpc) is 3.11. The highest BCUT2D eigenvalue weighted by molar-refractivity contribution is 5.92. The Morgan fingerprint density at radius 2 is 2.00 bits per heavy atom. The molecule has 0 bridgehead atoms. The summed E-state index contributed by atoms with van der Waals surface area (Å²) in [7, 11) is 0. The molecule has 7 nitrogen and oxygen atoms in total. The van der Waals surface area contributed by atoms with Gasteiger partial charge in [-0.2, -0.15) is 0 Å². The summed E-state index contributed by atoms with van der Waals surface area (Å²) in [5.74, 6) is -1.09. The summed E-state index contributed by atoms with van der Waals surface area (Å²) in [5, 5.41) is 2.91. The van der Waals surface area contributed by atoms with Gasteiger partial charge in [-0.15, -0.1) is 0 Å². The molecule has 1 N–H and O–H groups in total. The molecule has 1 aromatic heterocycles. The minimum Gasteiger partial charge on any atom is -0.354 e. The van der Waals surface area contributed by atoms with Gasteiger partial charge in [0.15, 0.2) is 0 Å². The van der Waals surface area contributed by atoms with Gasteiger partial charge in [-0.1, -0.05) is 6.42 Å². The van der Waals surface area contributed by atoms with Crippen molar-refractivity contribution in [2.45, 2.75) is 38.6 Å². The van der Waals surface area contributed by atoms with Crippen molar-refractivity contribution in [1.29, 1.82) is 0 Å². The molecule has 146 valence electrons. The van der Waals surface area contributed by atoms with Crippen LogP contribution in [-0.2, 0) is 9.59 Å². The Labute approximate surface area is 157 Å². The fraction of sp³-hybridized carbons (Fsp3) is 0.579. The van der Waals surface area contributed by atoms with E-state index in [4.69, 9.17) is 0 Å². The zero-order valence-electron chi connectivity index (χ0n) is 15.5. The predicted octanol–water partition coefficient (Wildman–Crippen LogP) is 1.20. The van der Waals surface area contributed by atoms with E-state index in [1.165, 1.54) is 19.1 Å². The third kappa shape index (κ3) is 4.43. The SMILES string of the molecule is CC(=O)N1CCCN(C(=O)c2ccc(F)cn2)CCNC(=O)C2CCCC21. The average molecular weight is 376 g/mol. The van der Waals surface area contributed by atoms with Gasteiger partial charge >= 0.3 is 0 Å². The van der Waals surface area contributed by atoms with E-state index in [0.717, 1.165) is 25.5 Å². The van der Waals surface area contributed by atoms with Gasteiger partial charge in [0.05, 0.1) is 12.1 Å². The Morgan fingerprint density at radius 3 is 2.70 bits per heavy atom. The number of rotatable bonds is 1. The van der Waals surface area contributed by atoms with E-state index >= 15 is 0 Å². The second-order valence-electron chi connectivity index (χ2n) is 7.12. The normalized spacial score (nSPS) is 24.0. The molecule has 2 atom stereocenters. The third-order valence-electron chi connectivity index (χ3n) is 5.36. The van der Waals surface area contributed by atoms with Crippen molar-refractivity contribution in [2.75, 3.05) is 26.2 Å². The molecule has 1 saturated heterocycles. The van der Waals surface area contributed by atoms with E-state index in [9.17, 15) is 18.8 Å². The summed E-state index contributed by atoms with van der Waals surface area (Å²) in [5.41, 5.74) is 0.165. The second kappa shape index (κ2) is 8.45. The summed E-state index contributed by atoms with van der Waals surface area (Å²) in [4.78, 5) is 44.6. The van der Waals surface area contributed by atoms with Crippen LogP contribution < -0.4 is 5.32 Å². The number of amides is 3. The van der Waals surface area contributed by atoms with Gasteiger partial charge in [-0.3, -0.25) is 14.4 Å². The van der Waals surface area contributed by atoms with Gasteiger partial charge in [0, 0.05) is 39.1 Å². The number of nitrogens with zero attached hydrogens (tertiary/aromatic N) is 3. The van der Waals surface area contributed by atoms with Crippen LogP contribution in [0.2, 0.25) is 0 Å². The lowest BCUT2D eigenvalue weighted by Gasteiger charge is -2.31. The molecule has 8 heteroatoms. The molecule has 0 aromatic carbocycles. The van der Waals surface area contributed by atoms with Crippen molar-refractivity contribution in [3.63, 3.8) is 0 Å². The van der Waals surface area contributed by atoms with Crippen molar-refractivity contribution in [1.82, 2.24) is 20.1 Å². The van der Waals surface area contributed by atoms with E-state index in [-0.39, 0.29) is 35.4 Å². The first-order chi connectivity index (χ1) is 13.0. The summed E-state index contributed by atoms with van der Waals surface area (Å²) < 4.78 is 13.1. The molecule has 0 spiro atoms. The smallest absolute Gasteiger partial charge is 0.272 e. The largest absolute Gasteiger partial charge is 0.354 e. The van der Waals surface area contributed by atoms with Gasteiger partial charge in [-0.25, -0.2) is 9.37 Å². The molecular formula is C19H25FN4O3. The molecule has 1 aromatic rings. The molecule has 1 aliphatic carbocycles. The number of carbonyl (C=O) groups excluding carboxylic acids is 3. The Bertz CT molecular complexity index is 709. The van der Waals surface area contributed by atoms with Crippen molar-refractivity contribution in [2.24, 2.45) is 5.92 Å². The van der Waals surface area contributed by atoms with Crippen LogP contribution in [-0.4, -0.2) is 64.7 Å². The van der Waals surface area contributed by atoms with Crippen LogP contribution in [0.4, 0.5) is 4.39 Å². The van der Waals surface area contributed by atoms with Crippen LogP contribution >= 0.6 is 0 Å². The maximum atomic E-state index is 13.1. The number of pyridine rings is 1. The van der Waals surface area contributed by atoms with Crippen LogP contribution in [0.3, 0.4) is 0 Å². The number of nitrogens with one attached hydrogen (secondary N) is 1. The molecule has 3 amide bonds. The first-order valence-corrected chi connectivity index (χ1v) is 9.43. The molecule has 2 fully saturated rings. The lowest BCUT2D eigenvalue weighted by Crippen LogP contribution is -2.46. The third-order valence-corrected chi connectivity index (χ3v) is 5.36. The van der Waals surface area contributed by atoms with Crippen molar-refractivity contribution in [3.8, 4) is 0 Å². The fourth-order valence-electron chi connectivity index (χ4n) is 4.03. The molecule has 27 heavy (non-hydrogen) atoms. The van der Waals surface area contributed by atoms with Gasteiger partial charge in [0.25, 0.3) is 5.91 Å². The number of fused-ring (bicyclic) bond motifs is 1. The Balaban J connectivity index is 1.75. The first kappa shape index (κ1) is 19.3. The topological polar surface area (TPSA) is 82.6 Å². The zero-order chi connectivity index (χ0) is 19.4. The molecule has 1 aliphatic heterocycles. The predicted molar refractivity (Wildman–Crippen MR) is 96.2 cm³/mol. The van der Waals surface area contributed by atoms with Crippen LogP contribution in [0.25, 0.3) is 0 Å². The molecule has 0 radical (unpaired) electrons. The lowest BCUT2D eigenvalue weighted by atomic mass is 10.0. The summed E-state index contributed by atoms with van der Waals surface area (Å²) in [6, 6.07) is 2.49. The molecular weight excluding hydrogens is 351 g/mol. The van der Waals surface area contributed by atoms with Crippen LogP contribution in [0.5, 0.6) is 0 Å². The van der Waals surface area contributed by atoms with E-state index in [1.54, 1.807) is 9.80 Å². The van der Waals surface area contributed by atoms with E-state index in [0.29, 0.717) is 32.6 Å². The van der Waals surface area contributed by atoms with Crippen molar-refractivity contribution < 1.29 is 18.8 Å². The molecule has 3 rings (SSSR count). The maximum absolute atomic E-state index is 13.1. The number of hydrogen-bond acceptors (Lipinski definition) is 4. The molecule has 2 aliphatic rings. The van der Waals surface area contributed by atoms with Gasteiger partial charge in [0.1, 0.15) is 11.5 Å². The van der Waals surface area contributed by atoms with Crippen LogP contribution in [0.15, 0.2) is 18.3 Å². The number of aromatic nitrogens is 1. The van der Waals surface area contributed by atoms with Crippen LogP contribution in [0.1, 0.15) is 43.1 Å². The highest BCUT2D eigenvalue weighted by atomic mass is 19.1. The summed E-state index contributed by atoms with van der Waals surface area (Å²) >= 11 is 0. The number of carbonyl (C=O) groups is 3. The van der Waals surface area contributed by atoms with E-state index < -0.39 is 5.82 Å². The maximum Gasteiger partial charge on any atom is 0.272 e. The Morgan fingerprint density at radius 1 is 1.19 bits per heavy atom.